The number of hydrogen-bond acceptors (Lipinski definition) is 5. The molecular formula is C20H26N6. The molecule has 1 aromatic carbocycles. The van der Waals surface area contributed by atoms with Gasteiger partial charge in [0.1, 0.15) is 11.6 Å². The Balaban J connectivity index is 1.32. The maximum Gasteiger partial charge on any atom is 0.163 e. The molecule has 3 aromatic rings. The molecule has 26 heavy (non-hydrogen) atoms. The van der Waals surface area contributed by atoms with E-state index in [1.54, 1.807) is 4.68 Å². The van der Waals surface area contributed by atoms with Crippen LogP contribution in [0.15, 0.2) is 36.5 Å². The molecule has 0 saturated carbocycles. The average molecular weight is 350 g/mol. The van der Waals surface area contributed by atoms with Crippen molar-refractivity contribution in [2.24, 2.45) is 13.0 Å². The number of nitrogens with zero attached hydrogens (tertiary/aromatic N) is 5. The number of aryl methyl sites for hydroxylation is 2. The van der Waals surface area contributed by atoms with Crippen LogP contribution in [0.3, 0.4) is 0 Å². The van der Waals surface area contributed by atoms with E-state index in [0.717, 1.165) is 48.7 Å². The molecule has 1 N–H and O–H groups in total. The van der Waals surface area contributed by atoms with Crippen LogP contribution in [0.25, 0.3) is 11.0 Å². The highest BCUT2D eigenvalue weighted by molar-refractivity contribution is 5.86. The average Bonchev–Trinajstić information content (AvgIpc) is 3.26. The van der Waals surface area contributed by atoms with E-state index < -0.39 is 0 Å². The number of nitrogens with one attached hydrogen (secondary N) is 1. The molecule has 4 rings (SSSR count). The van der Waals surface area contributed by atoms with Gasteiger partial charge in [0.25, 0.3) is 0 Å². The Bertz CT molecular complexity index is 873. The van der Waals surface area contributed by atoms with Crippen molar-refractivity contribution in [2.75, 3.05) is 31.5 Å². The predicted molar refractivity (Wildman–Crippen MR) is 104 cm³/mol. The van der Waals surface area contributed by atoms with Crippen LogP contribution >= 0.6 is 0 Å². The van der Waals surface area contributed by atoms with E-state index in [2.05, 4.69) is 55.6 Å². The Hall–Kier alpha value is -2.47. The van der Waals surface area contributed by atoms with Crippen molar-refractivity contribution in [3.8, 4) is 0 Å². The van der Waals surface area contributed by atoms with Crippen molar-refractivity contribution < 1.29 is 0 Å². The van der Waals surface area contributed by atoms with E-state index in [0.29, 0.717) is 5.92 Å². The van der Waals surface area contributed by atoms with Gasteiger partial charge in [-0.3, -0.25) is 4.68 Å². The third-order valence-electron chi connectivity index (χ3n) is 5.19. The second kappa shape index (κ2) is 7.41. The van der Waals surface area contributed by atoms with Gasteiger partial charge < -0.3 is 10.2 Å². The Morgan fingerprint density at radius 2 is 2.04 bits per heavy atom. The van der Waals surface area contributed by atoms with Crippen LogP contribution in [0.1, 0.15) is 17.8 Å². The minimum atomic E-state index is 0.660. The van der Waals surface area contributed by atoms with Crippen LogP contribution in [0.4, 0.5) is 5.82 Å². The smallest absolute Gasteiger partial charge is 0.163 e. The molecule has 2 aromatic heterocycles. The first-order chi connectivity index (χ1) is 12.7. The summed E-state index contributed by atoms with van der Waals surface area (Å²) in [5.41, 5.74) is 2.31. The van der Waals surface area contributed by atoms with Gasteiger partial charge in [-0.1, -0.05) is 30.3 Å². The zero-order valence-corrected chi connectivity index (χ0v) is 15.5. The lowest BCUT2D eigenvalue weighted by atomic mass is 10.1. The molecule has 0 radical (unpaired) electrons. The number of benzene rings is 1. The molecule has 6 nitrogen and oxygen atoms in total. The lowest BCUT2D eigenvalue weighted by molar-refractivity contribution is 0.330. The van der Waals surface area contributed by atoms with Crippen LogP contribution in [0.2, 0.25) is 0 Å². The number of aromatic nitrogens is 4. The van der Waals surface area contributed by atoms with Gasteiger partial charge in [-0.25, -0.2) is 9.97 Å². The van der Waals surface area contributed by atoms with Gasteiger partial charge in [0.05, 0.1) is 11.6 Å². The van der Waals surface area contributed by atoms with Crippen molar-refractivity contribution in [2.45, 2.75) is 19.8 Å². The highest BCUT2D eigenvalue weighted by Gasteiger charge is 2.22. The van der Waals surface area contributed by atoms with Gasteiger partial charge in [-0.2, -0.15) is 5.10 Å². The Morgan fingerprint density at radius 1 is 1.19 bits per heavy atom. The SMILES string of the molecule is Cc1nc(NC[C@H]2CCN(CCc3ccccc3)C2)c2cnn(C)c2n1. The maximum atomic E-state index is 4.58. The van der Waals surface area contributed by atoms with Crippen LogP contribution < -0.4 is 5.32 Å². The van der Waals surface area contributed by atoms with Gasteiger partial charge in [-0.05, 0) is 37.8 Å². The summed E-state index contributed by atoms with van der Waals surface area (Å²) in [5.74, 6) is 2.34. The number of likely N-dealkylation sites (tertiary alicyclic amines) is 1. The van der Waals surface area contributed by atoms with Gasteiger partial charge in [0.15, 0.2) is 5.65 Å². The minimum absolute atomic E-state index is 0.660. The summed E-state index contributed by atoms with van der Waals surface area (Å²) < 4.78 is 1.80. The molecule has 6 heteroatoms. The van der Waals surface area contributed by atoms with E-state index in [9.17, 15) is 0 Å². The zero-order chi connectivity index (χ0) is 17.9. The molecule has 1 atom stereocenters. The molecule has 3 heterocycles. The zero-order valence-electron chi connectivity index (χ0n) is 15.5. The first-order valence-corrected chi connectivity index (χ1v) is 9.35. The Labute approximate surface area is 154 Å². The fraction of sp³-hybridized carbons (Fsp3) is 0.450. The number of hydrogen-bond donors (Lipinski definition) is 1. The summed E-state index contributed by atoms with van der Waals surface area (Å²) >= 11 is 0. The highest BCUT2D eigenvalue weighted by Crippen LogP contribution is 2.22. The second-order valence-electron chi connectivity index (χ2n) is 7.20. The van der Waals surface area contributed by atoms with Crippen LogP contribution in [-0.4, -0.2) is 50.8 Å². The topological polar surface area (TPSA) is 58.9 Å². The molecule has 136 valence electrons. The molecule has 1 aliphatic rings. The van der Waals surface area contributed by atoms with Gasteiger partial charge >= 0.3 is 0 Å². The molecular weight excluding hydrogens is 324 g/mol. The standard InChI is InChI=1S/C20H26N6/c1-15-23-19(18-13-22-25(2)20(18)24-15)21-12-17-9-11-26(14-17)10-8-16-6-4-3-5-7-16/h3-7,13,17H,8-12,14H2,1-2H3,(H,21,23,24)/t17-/m1/s1. The van der Waals surface area contributed by atoms with Crippen molar-refractivity contribution in [1.82, 2.24) is 24.6 Å². The maximum absolute atomic E-state index is 4.58. The quantitative estimate of drug-likeness (QED) is 0.741. The number of anilines is 1. The highest BCUT2D eigenvalue weighted by atomic mass is 15.3. The molecule has 1 fully saturated rings. The summed E-state index contributed by atoms with van der Waals surface area (Å²) in [7, 11) is 1.92. The van der Waals surface area contributed by atoms with Gasteiger partial charge in [0, 0.05) is 26.7 Å². The summed E-state index contributed by atoms with van der Waals surface area (Å²) in [5, 5.41) is 8.85. The molecule has 0 bridgehead atoms. The third-order valence-corrected chi connectivity index (χ3v) is 5.19. The predicted octanol–water partition coefficient (Wildman–Crippen LogP) is 2.65. The molecule has 1 aliphatic heterocycles. The van der Waals surface area contributed by atoms with E-state index >= 15 is 0 Å². The summed E-state index contributed by atoms with van der Waals surface area (Å²) in [6, 6.07) is 10.7. The van der Waals surface area contributed by atoms with Gasteiger partial charge in [-0.15, -0.1) is 0 Å². The first-order valence-electron chi connectivity index (χ1n) is 9.35. The van der Waals surface area contributed by atoms with Crippen LogP contribution in [-0.2, 0) is 13.5 Å². The summed E-state index contributed by atoms with van der Waals surface area (Å²) in [6.07, 6.45) is 4.21. The molecule has 0 unspecified atom stereocenters. The Morgan fingerprint density at radius 3 is 2.88 bits per heavy atom. The minimum Gasteiger partial charge on any atom is -0.369 e. The van der Waals surface area contributed by atoms with Crippen LogP contribution in [0, 0.1) is 12.8 Å². The van der Waals surface area contributed by atoms with E-state index in [1.807, 2.05) is 20.2 Å². The van der Waals surface area contributed by atoms with Crippen molar-refractivity contribution in [3.63, 3.8) is 0 Å². The van der Waals surface area contributed by atoms with E-state index in [-0.39, 0.29) is 0 Å². The van der Waals surface area contributed by atoms with Gasteiger partial charge in [0.2, 0.25) is 0 Å². The molecule has 0 aliphatic carbocycles. The first kappa shape index (κ1) is 17.0. The van der Waals surface area contributed by atoms with Crippen LogP contribution in [0.5, 0.6) is 0 Å². The summed E-state index contributed by atoms with van der Waals surface area (Å²) in [6.45, 7) is 6.35. The molecule has 0 spiro atoms. The van der Waals surface area contributed by atoms with Crippen molar-refractivity contribution >= 4 is 16.9 Å². The normalized spacial score (nSPS) is 17.8. The molecule has 0 amide bonds. The Kier molecular flexibility index (Phi) is 4.84. The largest absolute Gasteiger partial charge is 0.369 e. The van der Waals surface area contributed by atoms with E-state index in [4.69, 9.17) is 0 Å². The second-order valence-corrected chi connectivity index (χ2v) is 7.20. The van der Waals surface area contributed by atoms with Crippen molar-refractivity contribution in [1.29, 1.82) is 0 Å². The number of fused-ring (bicyclic) bond motifs is 1. The third kappa shape index (κ3) is 3.70. The fourth-order valence-electron chi connectivity index (χ4n) is 3.72. The summed E-state index contributed by atoms with van der Waals surface area (Å²) in [4.78, 5) is 11.6. The van der Waals surface area contributed by atoms with E-state index in [1.165, 1.54) is 18.5 Å². The molecule has 1 saturated heterocycles. The lowest BCUT2D eigenvalue weighted by Gasteiger charge is -2.16. The number of rotatable bonds is 6. The van der Waals surface area contributed by atoms with Crippen molar-refractivity contribution in [3.05, 3.63) is 47.9 Å². The lowest BCUT2D eigenvalue weighted by Crippen LogP contribution is -2.25. The monoisotopic (exact) mass is 350 g/mol. The fourth-order valence-corrected chi connectivity index (χ4v) is 3.72.